The van der Waals surface area contributed by atoms with Crippen LogP contribution in [0, 0.1) is 0 Å². The second kappa shape index (κ2) is 10.1. The minimum absolute atomic E-state index is 0.00827. The minimum atomic E-state index is -0.547. The molecule has 1 aliphatic rings. The summed E-state index contributed by atoms with van der Waals surface area (Å²) in [5, 5.41) is 2.09. The number of thiophene rings is 1. The molecule has 0 bridgehead atoms. The van der Waals surface area contributed by atoms with Gasteiger partial charge in [0.05, 0.1) is 20.3 Å². The third kappa shape index (κ3) is 5.20. The topological polar surface area (TPSA) is 59.1 Å². The Balaban J connectivity index is 1.65. The highest BCUT2D eigenvalue weighted by atomic mass is 32.1. The van der Waals surface area contributed by atoms with Gasteiger partial charge in [-0.15, -0.1) is 11.3 Å². The number of methoxy groups -OCH3 is 2. The van der Waals surface area contributed by atoms with Crippen molar-refractivity contribution in [2.75, 3.05) is 27.3 Å². The number of benzene rings is 2. The average Bonchev–Trinajstić information content (AvgIpc) is 3.34. The fraction of sp³-hybridized carbons (Fsp3) is 0.357. The van der Waals surface area contributed by atoms with Gasteiger partial charge in [0, 0.05) is 22.5 Å². The van der Waals surface area contributed by atoms with Gasteiger partial charge < -0.3 is 19.3 Å². The largest absolute Gasteiger partial charge is 0.497 e. The second-order valence-corrected chi connectivity index (χ2v) is 10.6. The maximum atomic E-state index is 13.8. The zero-order valence-corrected chi connectivity index (χ0v) is 21.7. The summed E-state index contributed by atoms with van der Waals surface area (Å²) in [7, 11) is 3.21. The van der Waals surface area contributed by atoms with E-state index >= 15 is 0 Å². The zero-order chi connectivity index (χ0) is 25.2. The first kappa shape index (κ1) is 24.8. The molecule has 1 unspecified atom stereocenters. The van der Waals surface area contributed by atoms with E-state index in [-0.39, 0.29) is 24.4 Å². The first-order valence-corrected chi connectivity index (χ1v) is 12.6. The van der Waals surface area contributed by atoms with Crippen molar-refractivity contribution in [1.29, 1.82) is 0 Å². The van der Waals surface area contributed by atoms with E-state index in [1.54, 1.807) is 54.7 Å². The number of rotatable bonds is 6. The molecule has 0 N–H and O–H groups in total. The van der Waals surface area contributed by atoms with Crippen molar-refractivity contribution in [3.8, 4) is 11.5 Å². The number of hydrogen-bond acceptors (Lipinski definition) is 5. The molecule has 2 heterocycles. The average molecular weight is 493 g/mol. The Morgan fingerprint density at radius 3 is 2.40 bits per heavy atom. The van der Waals surface area contributed by atoms with Crippen molar-refractivity contribution >= 4 is 23.2 Å². The predicted octanol–water partition coefficient (Wildman–Crippen LogP) is 5.18. The van der Waals surface area contributed by atoms with E-state index in [1.807, 2.05) is 49.9 Å². The zero-order valence-electron chi connectivity index (χ0n) is 20.9. The minimum Gasteiger partial charge on any atom is -0.497 e. The van der Waals surface area contributed by atoms with Crippen LogP contribution in [-0.2, 0) is 11.2 Å². The molecule has 0 radical (unpaired) electrons. The van der Waals surface area contributed by atoms with Crippen LogP contribution >= 0.6 is 11.3 Å². The number of fused-ring (bicyclic) bond motifs is 1. The van der Waals surface area contributed by atoms with Crippen molar-refractivity contribution in [2.24, 2.45) is 0 Å². The van der Waals surface area contributed by atoms with Gasteiger partial charge in [-0.25, -0.2) is 0 Å². The second-order valence-electron chi connectivity index (χ2n) is 9.61. The van der Waals surface area contributed by atoms with Gasteiger partial charge in [0.15, 0.2) is 0 Å². The van der Waals surface area contributed by atoms with Crippen molar-refractivity contribution in [3.63, 3.8) is 0 Å². The van der Waals surface area contributed by atoms with Crippen molar-refractivity contribution in [3.05, 3.63) is 81.5 Å². The summed E-state index contributed by atoms with van der Waals surface area (Å²) in [6, 6.07) is 16.8. The quantitative estimate of drug-likeness (QED) is 0.476. The highest BCUT2D eigenvalue weighted by Crippen LogP contribution is 2.38. The van der Waals surface area contributed by atoms with E-state index in [4.69, 9.17) is 9.47 Å². The Morgan fingerprint density at radius 2 is 1.74 bits per heavy atom. The summed E-state index contributed by atoms with van der Waals surface area (Å²) >= 11 is 1.73. The van der Waals surface area contributed by atoms with Crippen LogP contribution in [0.2, 0.25) is 0 Å². The SMILES string of the molecule is COc1ccc(C2c3ccsc3CCN2C(=O)CN(C(=O)c2cccc(OC)c2)C(C)(C)C)cc1. The lowest BCUT2D eigenvalue weighted by Gasteiger charge is -2.40. The van der Waals surface area contributed by atoms with Crippen LogP contribution in [0.1, 0.15) is 53.2 Å². The van der Waals surface area contributed by atoms with E-state index < -0.39 is 5.54 Å². The van der Waals surface area contributed by atoms with Crippen LogP contribution in [0.15, 0.2) is 60.0 Å². The van der Waals surface area contributed by atoms with Gasteiger partial charge in [0.2, 0.25) is 5.91 Å². The molecule has 0 saturated carbocycles. The number of hydrogen-bond donors (Lipinski definition) is 0. The van der Waals surface area contributed by atoms with E-state index in [2.05, 4.69) is 11.4 Å². The molecule has 1 aliphatic heterocycles. The van der Waals surface area contributed by atoms with Gasteiger partial charge in [-0.3, -0.25) is 9.59 Å². The van der Waals surface area contributed by atoms with Gasteiger partial charge in [-0.05, 0) is 80.1 Å². The first-order valence-electron chi connectivity index (χ1n) is 11.7. The Kier molecular flexibility index (Phi) is 7.17. The molecule has 35 heavy (non-hydrogen) atoms. The molecule has 0 spiro atoms. The molecule has 6 nitrogen and oxygen atoms in total. The lowest BCUT2D eigenvalue weighted by Crippen LogP contribution is -2.52. The molecule has 7 heteroatoms. The first-order chi connectivity index (χ1) is 16.7. The van der Waals surface area contributed by atoms with Gasteiger partial charge >= 0.3 is 0 Å². The maximum absolute atomic E-state index is 13.8. The summed E-state index contributed by atoms with van der Waals surface area (Å²) in [6.45, 7) is 6.45. The molecule has 1 atom stereocenters. The van der Waals surface area contributed by atoms with Crippen LogP contribution in [0.5, 0.6) is 11.5 Å². The molecule has 3 aromatic rings. The molecule has 0 fully saturated rings. The summed E-state index contributed by atoms with van der Waals surface area (Å²) in [6.07, 6.45) is 0.810. The fourth-order valence-corrected chi connectivity index (χ4v) is 5.39. The molecule has 0 saturated heterocycles. The van der Waals surface area contributed by atoms with Crippen molar-refractivity contribution in [2.45, 2.75) is 38.8 Å². The normalized spacial score (nSPS) is 15.3. The van der Waals surface area contributed by atoms with Crippen LogP contribution < -0.4 is 9.47 Å². The van der Waals surface area contributed by atoms with Crippen LogP contribution in [0.25, 0.3) is 0 Å². The van der Waals surface area contributed by atoms with Crippen LogP contribution in [-0.4, -0.2) is 54.5 Å². The van der Waals surface area contributed by atoms with E-state index in [9.17, 15) is 9.59 Å². The lowest BCUT2D eigenvalue weighted by molar-refractivity contribution is -0.135. The Morgan fingerprint density at radius 1 is 1.03 bits per heavy atom. The molecule has 1 aromatic heterocycles. The third-order valence-corrected chi connectivity index (χ3v) is 7.38. The lowest BCUT2D eigenvalue weighted by atomic mass is 9.93. The number of amides is 2. The van der Waals surface area contributed by atoms with Gasteiger partial charge in [-0.1, -0.05) is 18.2 Å². The van der Waals surface area contributed by atoms with E-state index in [0.717, 1.165) is 23.3 Å². The summed E-state index contributed by atoms with van der Waals surface area (Å²) < 4.78 is 10.6. The molecular weight excluding hydrogens is 460 g/mol. The summed E-state index contributed by atoms with van der Waals surface area (Å²) in [5.41, 5.74) is 2.13. The highest BCUT2D eigenvalue weighted by Gasteiger charge is 2.36. The summed E-state index contributed by atoms with van der Waals surface area (Å²) in [4.78, 5) is 32.2. The predicted molar refractivity (Wildman–Crippen MR) is 138 cm³/mol. The van der Waals surface area contributed by atoms with Crippen molar-refractivity contribution in [1.82, 2.24) is 9.80 Å². The standard InChI is InChI=1S/C28H32N2O4S/c1-28(2,3)30(27(32)20-7-6-8-22(17-20)34-5)18-25(31)29-15-13-24-23(14-16-35-24)26(29)19-9-11-21(33-4)12-10-19/h6-12,14,16-17,26H,13,15,18H2,1-5H3. The van der Waals surface area contributed by atoms with Crippen LogP contribution in [0.4, 0.5) is 0 Å². The number of carbonyl (C=O) groups excluding carboxylic acids is 2. The number of ether oxygens (including phenoxy) is 2. The smallest absolute Gasteiger partial charge is 0.254 e. The van der Waals surface area contributed by atoms with E-state index in [0.29, 0.717) is 17.9 Å². The van der Waals surface area contributed by atoms with E-state index in [1.165, 1.54) is 4.88 Å². The van der Waals surface area contributed by atoms with Crippen molar-refractivity contribution < 1.29 is 19.1 Å². The molecule has 2 amide bonds. The van der Waals surface area contributed by atoms with Crippen LogP contribution in [0.3, 0.4) is 0 Å². The van der Waals surface area contributed by atoms with Gasteiger partial charge in [0.25, 0.3) is 5.91 Å². The molecule has 184 valence electrons. The summed E-state index contributed by atoms with van der Waals surface area (Å²) in [5.74, 6) is 1.11. The molecular formula is C28H32N2O4S. The molecule has 0 aliphatic carbocycles. The number of carbonyl (C=O) groups is 2. The number of nitrogens with zero attached hydrogens (tertiary/aromatic N) is 2. The van der Waals surface area contributed by atoms with Gasteiger partial charge in [-0.2, -0.15) is 0 Å². The highest BCUT2D eigenvalue weighted by molar-refractivity contribution is 7.10. The Bertz CT molecular complexity index is 1200. The van der Waals surface area contributed by atoms with Gasteiger partial charge in [0.1, 0.15) is 18.0 Å². The fourth-order valence-electron chi connectivity index (χ4n) is 4.48. The molecule has 4 rings (SSSR count). The Hall–Kier alpha value is -3.32. The Labute approximate surface area is 211 Å². The monoisotopic (exact) mass is 492 g/mol. The third-order valence-electron chi connectivity index (χ3n) is 6.38. The maximum Gasteiger partial charge on any atom is 0.254 e. The molecule has 2 aromatic carbocycles.